The molecule has 1 N–H and O–H groups in total. The summed E-state index contributed by atoms with van der Waals surface area (Å²) in [7, 11) is 0. The molecule has 0 aliphatic carbocycles. The molecular formula is C19H28O4. The van der Waals surface area contributed by atoms with Crippen molar-refractivity contribution in [3.8, 4) is 11.5 Å². The molecule has 0 bridgehead atoms. The fraction of sp³-hybridized carbons (Fsp3) is 0.579. The number of hydrogen-bond donors (Lipinski definition) is 1. The minimum atomic E-state index is -0.494. The predicted octanol–water partition coefficient (Wildman–Crippen LogP) is 4.58. The zero-order valence-corrected chi connectivity index (χ0v) is 14.1. The van der Waals surface area contributed by atoms with Gasteiger partial charge in [0.25, 0.3) is 0 Å². The first-order chi connectivity index (χ1) is 11.1. The van der Waals surface area contributed by atoms with Crippen LogP contribution in [0.2, 0.25) is 0 Å². The normalized spacial score (nSPS) is 10.5. The summed E-state index contributed by atoms with van der Waals surface area (Å²) < 4.78 is 5.17. The Bertz CT molecular complexity index is 525. The van der Waals surface area contributed by atoms with Gasteiger partial charge in [-0.05, 0) is 30.7 Å². The molecule has 0 atom stereocenters. The molecule has 0 amide bonds. The van der Waals surface area contributed by atoms with Gasteiger partial charge in [-0.3, -0.25) is 9.59 Å². The zero-order valence-electron chi connectivity index (χ0n) is 14.1. The minimum absolute atomic E-state index is 0.281. The minimum Gasteiger partial charge on any atom is -0.504 e. The van der Waals surface area contributed by atoms with Gasteiger partial charge < -0.3 is 9.84 Å². The Hall–Kier alpha value is -1.84. The maximum absolute atomic E-state index is 11.7. The lowest BCUT2D eigenvalue weighted by Crippen LogP contribution is -2.07. The van der Waals surface area contributed by atoms with Crippen molar-refractivity contribution >= 4 is 5.97 Å². The lowest BCUT2D eigenvalue weighted by Gasteiger charge is -2.03. The zero-order chi connectivity index (χ0) is 16.9. The highest BCUT2D eigenvalue weighted by Gasteiger charge is 2.04. The van der Waals surface area contributed by atoms with Crippen LogP contribution >= 0.6 is 0 Å². The molecule has 1 aromatic carbocycles. The average Bonchev–Trinajstić information content (AvgIpc) is 2.69. The molecule has 0 heterocycles. The number of hydrogen-bond acceptors (Lipinski definition) is 4. The Morgan fingerprint density at radius 3 is 2.13 bits per heavy atom. The van der Waals surface area contributed by atoms with Crippen molar-refractivity contribution in [3.63, 3.8) is 0 Å². The highest BCUT2D eigenvalue weighted by Crippen LogP contribution is 2.13. The third-order valence-electron chi connectivity index (χ3n) is 3.77. The highest BCUT2D eigenvalue weighted by molar-refractivity contribution is 5.72. The van der Waals surface area contributed by atoms with Gasteiger partial charge >= 0.3 is 5.97 Å². The molecule has 0 aliphatic rings. The molecule has 0 saturated carbocycles. The van der Waals surface area contributed by atoms with Crippen LogP contribution in [0, 0.1) is 0 Å². The van der Waals surface area contributed by atoms with Gasteiger partial charge in [-0.2, -0.15) is 0 Å². The first-order valence-electron chi connectivity index (χ1n) is 8.67. The van der Waals surface area contributed by atoms with E-state index in [4.69, 9.17) is 4.74 Å². The number of rotatable bonds is 11. The summed E-state index contributed by atoms with van der Waals surface area (Å²) in [6, 6.07) is 5.25. The molecular weight excluding hydrogens is 292 g/mol. The van der Waals surface area contributed by atoms with Gasteiger partial charge in [-0.1, -0.05) is 58.3 Å². The smallest absolute Gasteiger partial charge is 0.311 e. The summed E-state index contributed by atoms with van der Waals surface area (Å²) in [5, 5.41) is 9.28. The van der Waals surface area contributed by atoms with Crippen LogP contribution in [0.1, 0.15) is 71.1 Å². The van der Waals surface area contributed by atoms with E-state index in [1.54, 1.807) is 0 Å². The van der Waals surface area contributed by atoms with Gasteiger partial charge in [0.1, 0.15) is 5.75 Å². The lowest BCUT2D eigenvalue weighted by atomic mass is 10.1. The lowest BCUT2D eigenvalue weighted by molar-refractivity contribution is -0.134. The van der Waals surface area contributed by atoms with Crippen molar-refractivity contribution in [1.82, 2.24) is 0 Å². The van der Waals surface area contributed by atoms with E-state index in [-0.39, 0.29) is 17.5 Å². The highest BCUT2D eigenvalue weighted by atomic mass is 16.5. The molecule has 0 saturated heterocycles. The molecule has 0 aliphatic heterocycles. The van der Waals surface area contributed by atoms with Crippen molar-refractivity contribution in [1.29, 1.82) is 0 Å². The topological polar surface area (TPSA) is 63.6 Å². The molecule has 0 radical (unpaired) electrons. The standard InChI is InChI=1S/C19H28O4/c1-2-3-4-5-6-7-8-9-10-11-19(22)23-16-12-14-17(20)18(21)15-13-16/h12-15H,2-11H2,1H3,(H,20,21). The van der Waals surface area contributed by atoms with Gasteiger partial charge in [-0.25, -0.2) is 0 Å². The largest absolute Gasteiger partial charge is 0.504 e. The van der Waals surface area contributed by atoms with E-state index < -0.39 is 5.43 Å². The summed E-state index contributed by atoms with van der Waals surface area (Å²) in [6.07, 6.45) is 11.2. The van der Waals surface area contributed by atoms with Gasteiger partial charge in [0.05, 0.1) is 0 Å². The monoisotopic (exact) mass is 320 g/mol. The van der Waals surface area contributed by atoms with E-state index in [9.17, 15) is 14.7 Å². The van der Waals surface area contributed by atoms with E-state index in [0.29, 0.717) is 6.42 Å². The fourth-order valence-electron chi connectivity index (χ4n) is 2.37. The van der Waals surface area contributed by atoms with Crippen LogP contribution in [0.4, 0.5) is 0 Å². The van der Waals surface area contributed by atoms with Gasteiger partial charge in [0.15, 0.2) is 5.75 Å². The molecule has 128 valence electrons. The van der Waals surface area contributed by atoms with Gasteiger partial charge in [-0.15, -0.1) is 0 Å². The van der Waals surface area contributed by atoms with E-state index in [2.05, 4.69) is 6.92 Å². The second-order valence-corrected chi connectivity index (χ2v) is 5.87. The number of esters is 1. The molecule has 1 rings (SSSR count). The van der Waals surface area contributed by atoms with Gasteiger partial charge in [0.2, 0.25) is 5.43 Å². The quantitative estimate of drug-likeness (QED) is 0.479. The van der Waals surface area contributed by atoms with Crippen LogP contribution in [0.25, 0.3) is 0 Å². The Morgan fingerprint density at radius 2 is 1.48 bits per heavy atom. The third-order valence-corrected chi connectivity index (χ3v) is 3.77. The summed E-state index contributed by atoms with van der Waals surface area (Å²) in [5.74, 6) is -0.374. The van der Waals surface area contributed by atoms with Crippen LogP contribution in [-0.4, -0.2) is 11.1 Å². The van der Waals surface area contributed by atoms with Crippen LogP contribution in [0.15, 0.2) is 29.1 Å². The molecule has 0 fully saturated rings. The Kier molecular flexibility index (Phi) is 9.76. The van der Waals surface area contributed by atoms with Crippen LogP contribution in [-0.2, 0) is 4.79 Å². The number of aromatic hydroxyl groups is 1. The molecule has 4 nitrogen and oxygen atoms in total. The fourth-order valence-corrected chi connectivity index (χ4v) is 2.37. The molecule has 4 heteroatoms. The number of unbranched alkanes of at least 4 members (excludes halogenated alkanes) is 8. The number of carbonyl (C=O) groups excluding carboxylic acids is 1. The Morgan fingerprint density at radius 1 is 0.913 bits per heavy atom. The maximum atomic E-state index is 11.7. The van der Waals surface area contributed by atoms with Gasteiger partial charge in [0, 0.05) is 6.42 Å². The Balaban J connectivity index is 2.13. The van der Waals surface area contributed by atoms with E-state index >= 15 is 0 Å². The molecule has 23 heavy (non-hydrogen) atoms. The summed E-state index contributed by atoms with van der Waals surface area (Å²) >= 11 is 0. The molecule has 0 unspecified atom stereocenters. The number of carbonyl (C=O) groups is 1. The van der Waals surface area contributed by atoms with Crippen molar-refractivity contribution < 1.29 is 14.6 Å². The number of ether oxygens (including phenoxy) is 1. The second-order valence-electron chi connectivity index (χ2n) is 5.87. The van der Waals surface area contributed by atoms with Crippen molar-refractivity contribution in [2.75, 3.05) is 0 Å². The maximum Gasteiger partial charge on any atom is 0.311 e. The van der Waals surface area contributed by atoms with Crippen LogP contribution < -0.4 is 10.2 Å². The molecule has 0 aromatic heterocycles. The second kappa shape index (κ2) is 11.7. The average molecular weight is 320 g/mol. The van der Waals surface area contributed by atoms with E-state index in [1.807, 2.05) is 0 Å². The van der Waals surface area contributed by atoms with Crippen LogP contribution in [0.5, 0.6) is 11.5 Å². The van der Waals surface area contributed by atoms with Crippen molar-refractivity contribution in [3.05, 3.63) is 34.5 Å². The SMILES string of the molecule is CCCCCCCCCCCC(=O)Oc1ccc(O)c(=O)cc1. The molecule has 0 spiro atoms. The summed E-state index contributed by atoms with van der Waals surface area (Å²) in [5.41, 5.74) is -0.494. The summed E-state index contributed by atoms with van der Waals surface area (Å²) in [6.45, 7) is 2.22. The Labute approximate surface area is 138 Å². The first-order valence-corrected chi connectivity index (χ1v) is 8.67. The van der Waals surface area contributed by atoms with Crippen molar-refractivity contribution in [2.24, 2.45) is 0 Å². The third kappa shape index (κ3) is 9.01. The first kappa shape index (κ1) is 19.2. The molecule has 1 aromatic rings. The summed E-state index contributed by atoms with van der Waals surface area (Å²) in [4.78, 5) is 23.0. The van der Waals surface area contributed by atoms with Crippen molar-refractivity contribution in [2.45, 2.75) is 71.1 Å². The predicted molar refractivity (Wildman–Crippen MR) is 91.9 cm³/mol. The van der Waals surface area contributed by atoms with Crippen LogP contribution in [0.3, 0.4) is 0 Å². The van der Waals surface area contributed by atoms with E-state index in [0.717, 1.165) is 19.3 Å². The van der Waals surface area contributed by atoms with E-state index in [1.165, 1.54) is 62.8 Å².